The van der Waals surface area contributed by atoms with E-state index in [4.69, 9.17) is 4.74 Å². The third kappa shape index (κ3) is 3.51. The minimum Gasteiger partial charge on any atom is -0.466 e. The van der Waals surface area contributed by atoms with Crippen molar-refractivity contribution in [1.29, 1.82) is 0 Å². The first-order valence-electron chi connectivity index (χ1n) is 7.61. The number of carbonyl (C=O) groups is 2. The molecule has 1 aromatic carbocycles. The van der Waals surface area contributed by atoms with Crippen molar-refractivity contribution in [2.75, 3.05) is 20.3 Å². The van der Waals surface area contributed by atoms with E-state index in [9.17, 15) is 31.5 Å². The molecule has 10 heteroatoms. The highest BCUT2D eigenvalue weighted by molar-refractivity contribution is 5.95. The van der Waals surface area contributed by atoms with Crippen molar-refractivity contribution < 1.29 is 41.0 Å². The number of nitrogens with zero attached hydrogens (tertiary/aromatic N) is 1. The maximum absolute atomic E-state index is 14.3. The SMILES string of the molecule is CCOC(=O)N1CC(C(=O)OC)=CC(C)=C1c1c(F)c(F)c(F)c(F)c1F. The molecular weight excluding hydrogens is 377 g/mol. The molecule has 2 rings (SSSR count). The summed E-state index contributed by atoms with van der Waals surface area (Å²) in [7, 11) is 1.08. The summed E-state index contributed by atoms with van der Waals surface area (Å²) in [5, 5.41) is 0. The Balaban J connectivity index is 2.79. The van der Waals surface area contributed by atoms with Gasteiger partial charge in [-0.25, -0.2) is 31.5 Å². The summed E-state index contributed by atoms with van der Waals surface area (Å²) in [4.78, 5) is 24.6. The number of methoxy groups -OCH3 is 1. The van der Waals surface area contributed by atoms with Crippen molar-refractivity contribution in [3.63, 3.8) is 0 Å². The second kappa shape index (κ2) is 7.77. The number of esters is 1. The summed E-state index contributed by atoms with van der Waals surface area (Å²) >= 11 is 0. The van der Waals surface area contributed by atoms with Gasteiger partial charge in [0.25, 0.3) is 0 Å². The average molecular weight is 391 g/mol. The third-order valence-corrected chi connectivity index (χ3v) is 3.75. The van der Waals surface area contributed by atoms with Crippen LogP contribution in [0.2, 0.25) is 0 Å². The number of rotatable bonds is 3. The second-order valence-electron chi connectivity index (χ2n) is 5.42. The van der Waals surface area contributed by atoms with Crippen LogP contribution in [0.15, 0.2) is 17.2 Å². The second-order valence-corrected chi connectivity index (χ2v) is 5.42. The van der Waals surface area contributed by atoms with Crippen molar-refractivity contribution >= 4 is 17.8 Å². The predicted molar refractivity (Wildman–Crippen MR) is 82.7 cm³/mol. The largest absolute Gasteiger partial charge is 0.466 e. The first-order chi connectivity index (χ1) is 12.6. The van der Waals surface area contributed by atoms with Gasteiger partial charge in [-0.2, -0.15) is 0 Å². The maximum atomic E-state index is 14.3. The van der Waals surface area contributed by atoms with Gasteiger partial charge in [-0.05, 0) is 25.5 Å². The molecule has 0 aliphatic carbocycles. The first-order valence-corrected chi connectivity index (χ1v) is 7.61. The molecule has 0 atom stereocenters. The highest BCUT2D eigenvalue weighted by Gasteiger charge is 2.36. The summed E-state index contributed by atoms with van der Waals surface area (Å²) in [5.41, 5.74) is -2.07. The predicted octanol–water partition coefficient (Wildman–Crippen LogP) is 3.68. The fourth-order valence-electron chi connectivity index (χ4n) is 2.59. The van der Waals surface area contributed by atoms with Crippen molar-refractivity contribution in [2.24, 2.45) is 0 Å². The zero-order chi connectivity index (χ0) is 20.5. The van der Waals surface area contributed by atoms with E-state index in [0.29, 0.717) is 4.90 Å². The van der Waals surface area contributed by atoms with Gasteiger partial charge in [-0.3, -0.25) is 4.90 Å². The van der Waals surface area contributed by atoms with E-state index in [1.165, 1.54) is 13.8 Å². The summed E-state index contributed by atoms with van der Waals surface area (Å²) in [5.74, 6) is -11.7. The number of halogens is 5. The van der Waals surface area contributed by atoms with Crippen LogP contribution in [0.5, 0.6) is 0 Å². The Morgan fingerprint density at radius 1 is 1.04 bits per heavy atom. The molecule has 0 saturated carbocycles. The van der Waals surface area contributed by atoms with E-state index < -0.39 is 59.0 Å². The van der Waals surface area contributed by atoms with Gasteiger partial charge >= 0.3 is 12.1 Å². The quantitative estimate of drug-likeness (QED) is 0.341. The smallest absolute Gasteiger partial charge is 0.414 e. The zero-order valence-electron chi connectivity index (χ0n) is 14.5. The van der Waals surface area contributed by atoms with Crippen LogP contribution in [0, 0.1) is 29.1 Å². The summed E-state index contributed by atoms with van der Waals surface area (Å²) < 4.78 is 78.4. The molecule has 1 amide bonds. The molecule has 0 unspecified atom stereocenters. The van der Waals surface area contributed by atoms with Gasteiger partial charge in [0.15, 0.2) is 23.3 Å². The normalized spacial score (nSPS) is 14.2. The Hall–Kier alpha value is -2.91. The minimum atomic E-state index is -2.32. The molecule has 1 aromatic rings. The van der Waals surface area contributed by atoms with E-state index in [0.717, 1.165) is 13.2 Å². The van der Waals surface area contributed by atoms with E-state index in [1.54, 1.807) is 0 Å². The van der Waals surface area contributed by atoms with Gasteiger partial charge in [-0.15, -0.1) is 0 Å². The molecule has 0 bridgehead atoms. The Morgan fingerprint density at radius 2 is 1.56 bits per heavy atom. The lowest BCUT2D eigenvalue weighted by Gasteiger charge is -2.30. The van der Waals surface area contributed by atoms with E-state index in [2.05, 4.69) is 4.74 Å². The lowest BCUT2D eigenvalue weighted by Crippen LogP contribution is -2.37. The highest BCUT2D eigenvalue weighted by atomic mass is 19.2. The Kier molecular flexibility index (Phi) is 5.87. The van der Waals surface area contributed by atoms with Crippen LogP contribution < -0.4 is 0 Å². The van der Waals surface area contributed by atoms with Gasteiger partial charge in [0.05, 0.1) is 37.1 Å². The molecule has 0 fully saturated rings. The monoisotopic (exact) mass is 391 g/mol. The first kappa shape index (κ1) is 20.4. The lowest BCUT2D eigenvalue weighted by molar-refractivity contribution is -0.136. The summed E-state index contributed by atoms with van der Waals surface area (Å²) in [6.45, 7) is 2.02. The molecule has 0 aromatic heterocycles. The fraction of sp³-hybridized carbons (Fsp3) is 0.294. The Bertz CT molecular complexity index is 850. The van der Waals surface area contributed by atoms with Crippen molar-refractivity contribution in [2.45, 2.75) is 13.8 Å². The summed E-state index contributed by atoms with van der Waals surface area (Å²) in [6, 6.07) is 0. The van der Waals surface area contributed by atoms with Crippen LogP contribution in [0.4, 0.5) is 26.7 Å². The Morgan fingerprint density at radius 3 is 2.04 bits per heavy atom. The number of hydrogen-bond donors (Lipinski definition) is 0. The molecule has 27 heavy (non-hydrogen) atoms. The number of hydrogen-bond acceptors (Lipinski definition) is 4. The molecule has 0 saturated heterocycles. The van der Waals surface area contributed by atoms with Crippen molar-refractivity contribution in [3.8, 4) is 0 Å². The van der Waals surface area contributed by atoms with Crippen molar-refractivity contribution in [1.82, 2.24) is 4.90 Å². The molecule has 5 nitrogen and oxygen atoms in total. The number of benzene rings is 1. The van der Waals surface area contributed by atoms with Crippen LogP contribution in [0.1, 0.15) is 19.4 Å². The zero-order valence-corrected chi connectivity index (χ0v) is 14.5. The number of amides is 1. The molecule has 1 aliphatic heterocycles. The van der Waals surface area contributed by atoms with E-state index in [-0.39, 0.29) is 17.8 Å². The molecule has 146 valence electrons. The molecule has 0 spiro atoms. The Labute approximate surface area is 150 Å². The van der Waals surface area contributed by atoms with Gasteiger partial charge in [0.2, 0.25) is 5.82 Å². The van der Waals surface area contributed by atoms with Gasteiger partial charge in [0.1, 0.15) is 0 Å². The standard InChI is InChI=1S/C17H14F5NO4/c1-4-27-17(25)23-6-8(16(24)26-3)5-7(2)15(23)9-10(18)12(20)14(22)13(21)11(9)19/h5H,4,6H2,1-3H3. The fourth-order valence-corrected chi connectivity index (χ4v) is 2.59. The van der Waals surface area contributed by atoms with Crippen LogP contribution >= 0.6 is 0 Å². The van der Waals surface area contributed by atoms with Gasteiger partial charge < -0.3 is 9.47 Å². The van der Waals surface area contributed by atoms with Gasteiger partial charge in [0, 0.05) is 0 Å². The molecule has 1 aliphatic rings. The van der Waals surface area contributed by atoms with Gasteiger partial charge in [-0.1, -0.05) is 0 Å². The highest BCUT2D eigenvalue weighted by Crippen LogP contribution is 2.36. The van der Waals surface area contributed by atoms with E-state index >= 15 is 0 Å². The number of allylic oxidation sites excluding steroid dienone is 2. The van der Waals surface area contributed by atoms with Crippen molar-refractivity contribution in [3.05, 3.63) is 51.9 Å². The topological polar surface area (TPSA) is 55.8 Å². The van der Waals surface area contributed by atoms with Crippen LogP contribution in [-0.2, 0) is 14.3 Å². The van der Waals surface area contributed by atoms with Crippen LogP contribution in [-0.4, -0.2) is 37.2 Å². The molecule has 0 N–H and O–H groups in total. The summed E-state index contributed by atoms with van der Waals surface area (Å²) in [6.07, 6.45) is -0.000119. The van der Waals surface area contributed by atoms with Crippen LogP contribution in [0.25, 0.3) is 5.70 Å². The number of carbonyl (C=O) groups excluding carboxylic acids is 2. The number of ether oxygens (including phenoxy) is 2. The lowest BCUT2D eigenvalue weighted by atomic mass is 9.98. The molecule has 1 heterocycles. The molecule has 0 radical (unpaired) electrons. The molecular formula is C17H14F5NO4. The van der Waals surface area contributed by atoms with Crippen LogP contribution in [0.3, 0.4) is 0 Å². The third-order valence-electron chi connectivity index (χ3n) is 3.75. The van der Waals surface area contributed by atoms with E-state index in [1.807, 2.05) is 0 Å². The average Bonchev–Trinajstić information content (AvgIpc) is 2.65. The maximum Gasteiger partial charge on any atom is 0.414 e. The minimum absolute atomic E-state index is 0.0734.